The van der Waals surface area contributed by atoms with E-state index in [2.05, 4.69) is 10.2 Å². The lowest BCUT2D eigenvalue weighted by atomic mass is 9.84. The fourth-order valence-electron chi connectivity index (χ4n) is 4.10. The molecular formula is C20H29FN2O2. The molecule has 0 aromatic heterocycles. The zero-order chi connectivity index (χ0) is 17.9. The molecule has 5 heteroatoms. The molecule has 138 valence electrons. The van der Waals surface area contributed by atoms with Crippen LogP contribution in [-0.4, -0.2) is 47.2 Å². The number of rotatable bonds is 4. The van der Waals surface area contributed by atoms with Crippen LogP contribution in [0.3, 0.4) is 0 Å². The Labute approximate surface area is 149 Å². The summed E-state index contributed by atoms with van der Waals surface area (Å²) in [6, 6.07) is 4.68. The van der Waals surface area contributed by atoms with E-state index in [-0.39, 0.29) is 17.5 Å². The summed E-state index contributed by atoms with van der Waals surface area (Å²) in [5.74, 6) is -0.800. The first kappa shape index (κ1) is 18.3. The van der Waals surface area contributed by atoms with Gasteiger partial charge in [-0.15, -0.1) is 0 Å². The molecular weight excluding hydrogens is 319 g/mol. The summed E-state index contributed by atoms with van der Waals surface area (Å²) in [4.78, 5) is 14.6. The number of hydrogen-bond acceptors (Lipinski definition) is 3. The van der Waals surface area contributed by atoms with E-state index in [1.807, 2.05) is 6.92 Å². The molecule has 1 amide bonds. The number of carbonyl (C=O) groups is 1. The molecule has 4 nitrogen and oxygen atoms in total. The summed E-state index contributed by atoms with van der Waals surface area (Å²) in [7, 11) is 0. The summed E-state index contributed by atoms with van der Waals surface area (Å²) in [5, 5.41) is 13.7. The quantitative estimate of drug-likeness (QED) is 0.879. The number of β-amino-alcohol motifs (C(OH)–C–C–N with tert-alkyl or cyclic N) is 1. The Morgan fingerprint density at radius 1 is 1.28 bits per heavy atom. The molecule has 1 aromatic rings. The van der Waals surface area contributed by atoms with Gasteiger partial charge in [-0.05, 0) is 44.7 Å². The van der Waals surface area contributed by atoms with Crippen LogP contribution in [0.2, 0.25) is 0 Å². The Balaban J connectivity index is 1.49. The molecule has 2 N–H and O–H groups in total. The van der Waals surface area contributed by atoms with Gasteiger partial charge < -0.3 is 15.3 Å². The number of nitrogens with one attached hydrogen (secondary N) is 1. The predicted octanol–water partition coefficient (Wildman–Crippen LogP) is 3.02. The van der Waals surface area contributed by atoms with Crippen molar-refractivity contribution < 1.29 is 14.3 Å². The number of carbonyl (C=O) groups excluding carboxylic acids is 1. The standard InChI is InChI=1S/C20H29FN2O2/c1-15-5-6-18(21)17(13-15)19(24)22-16-7-11-23(12-8-16)14-20(25)9-3-2-4-10-20/h5-6,13,16,25H,2-4,7-12,14H2,1H3,(H,22,24). The highest BCUT2D eigenvalue weighted by atomic mass is 19.1. The Kier molecular flexibility index (Phi) is 5.74. The monoisotopic (exact) mass is 348 g/mol. The van der Waals surface area contributed by atoms with Crippen LogP contribution >= 0.6 is 0 Å². The van der Waals surface area contributed by atoms with Crippen LogP contribution in [0.4, 0.5) is 4.39 Å². The molecule has 1 saturated carbocycles. The summed E-state index contributed by atoms with van der Waals surface area (Å²) in [5.41, 5.74) is 0.472. The number of aliphatic hydroxyl groups is 1. The van der Waals surface area contributed by atoms with Gasteiger partial charge in [0.15, 0.2) is 0 Å². The summed E-state index contributed by atoms with van der Waals surface area (Å²) >= 11 is 0. The fourth-order valence-corrected chi connectivity index (χ4v) is 4.10. The second-order valence-corrected chi connectivity index (χ2v) is 7.79. The molecule has 2 fully saturated rings. The average Bonchev–Trinajstić information content (AvgIpc) is 2.59. The number of hydrogen-bond donors (Lipinski definition) is 2. The molecule has 0 atom stereocenters. The SMILES string of the molecule is Cc1ccc(F)c(C(=O)NC2CCN(CC3(O)CCCCC3)CC2)c1. The second kappa shape index (κ2) is 7.83. The van der Waals surface area contributed by atoms with Crippen LogP contribution < -0.4 is 5.32 Å². The Hall–Kier alpha value is -1.46. The van der Waals surface area contributed by atoms with E-state index < -0.39 is 11.4 Å². The number of nitrogens with zero attached hydrogens (tertiary/aromatic N) is 1. The number of aryl methyl sites for hydroxylation is 1. The summed E-state index contributed by atoms with van der Waals surface area (Å²) in [6.45, 7) is 4.32. The minimum absolute atomic E-state index is 0.0738. The second-order valence-electron chi connectivity index (χ2n) is 7.79. The molecule has 2 aliphatic rings. The van der Waals surface area contributed by atoms with Crippen molar-refractivity contribution in [3.8, 4) is 0 Å². The number of amides is 1. The molecule has 0 bridgehead atoms. The lowest BCUT2D eigenvalue weighted by Crippen LogP contribution is -2.50. The van der Waals surface area contributed by atoms with Crippen molar-refractivity contribution >= 4 is 5.91 Å². The van der Waals surface area contributed by atoms with Gasteiger partial charge in [0.1, 0.15) is 5.82 Å². The van der Waals surface area contributed by atoms with Gasteiger partial charge in [0.05, 0.1) is 11.2 Å². The first-order valence-corrected chi connectivity index (χ1v) is 9.47. The molecule has 0 radical (unpaired) electrons. The normalized spacial score (nSPS) is 21.9. The largest absolute Gasteiger partial charge is 0.389 e. The first-order valence-electron chi connectivity index (χ1n) is 9.47. The zero-order valence-corrected chi connectivity index (χ0v) is 15.1. The molecule has 1 aromatic carbocycles. The highest BCUT2D eigenvalue weighted by Crippen LogP contribution is 2.29. The van der Waals surface area contributed by atoms with E-state index in [0.717, 1.165) is 63.7 Å². The third-order valence-electron chi connectivity index (χ3n) is 5.59. The minimum Gasteiger partial charge on any atom is -0.389 e. The topological polar surface area (TPSA) is 52.6 Å². The molecule has 3 rings (SSSR count). The highest BCUT2D eigenvalue weighted by Gasteiger charge is 2.33. The van der Waals surface area contributed by atoms with Gasteiger partial charge in [-0.25, -0.2) is 4.39 Å². The Bertz CT molecular complexity index is 606. The van der Waals surface area contributed by atoms with Gasteiger partial charge in [0, 0.05) is 25.7 Å². The van der Waals surface area contributed by atoms with Crippen molar-refractivity contribution in [1.29, 1.82) is 0 Å². The third kappa shape index (κ3) is 4.79. The van der Waals surface area contributed by atoms with Crippen molar-refractivity contribution in [1.82, 2.24) is 10.2 Å². The number of benzene rings is 1. The van der Waals surface area contributed by atoms with Crippen molar-refractivity contribution in [2.75, 3.05) is 19.6 Å². The van der Waals surface area contributed by atoms with Crippen LogP contribution in [0.25, 0.3) is 0 Å². The zero-order valence-electron chi connectivity index (χ0n) is 15.1. The summed E-state index contributed by atoms with van der Waals surface area (Å²) < 4.78 is 13.8. The van der Waals surface area contributed by atoms with E-state index in [9.17, 15) is 14.3 Å². The van der Waals surface area contributed by atoms with Gasteiger partial charge in [-0.2, -0.15) is 0 Å². The maximum atomic E-state index is 13.8. The first-order chi connectivity index (χ1) is 12.0. The van der Waals surface area contributed by atoms with E-state index in [4.69, 9.17) is 0 Å². The van der Waals surface area contributed by atoms with Gasteiger partial charge in [-0.1, -0.05) is 30.9 Å². The minimum atomic E-state index is -0.529. The summed E-state index contributed by atoms with van der Waals surface area (Å²) in [6.07, 6.45) is 6.94. The molecule has 1 aliphatic heterocycles. The van der Waals surface area contributed by atoms with Crippen molar-refractivity contribution in [2.45, 2.75) is 63.5 Å². The van der Waals surface area contributed by atoms with Gasteiger partial charge in [0.2, 0.25) is 0 Å². The number of halogens is 1. The average molecular weight is 348 g/mol. The molecule has 0 unspecified atom stereocenters. The molecule has 1 aliphatic carbocycles. The highest BCUT2D eigenvalue weighted by molar-refractivity contribution is 5.94. The van der Waals surface area contributed by atoms with Crippen LogP contribution in [0.1, 0.15) is 60.9 Å². The van der Waals surface area contributed by atoms with Crippen LogP contribution in [-0.2, 0) is 0 Å². The van der Waals surface area contributed by atoms with Crippen LogP contribution in [0.15, 0.2) is 18.2 Å². The van der Waals surface area contributed by atoms with Gasteiger partial charge >= 0.3 is 0 Å². The maximum Gasteiger partial charge on any atom is 0.254 e. The van der Waals surface area contributed by atoms with E-state index >= 15 is 0 Å². The van der Waals surface area contributed by atoms with Crippen molar-refractivity contribution in [2.24, 2.45) is 0 Å². The predicted molar refractivity (Wildman–Crippen MR) is 96.1 cm³/mol. The third-order valence-corrected chi connectivity index (χ3v) is 5.59. The van der Waals surface area contributed by atoms with Gasteiger partial charge in [0.25, 0.3) is 5.91 Å². The lowest BCUT2D eigenvalue weighted by molar-refractivity contribution is -0.0312. The van der Waals surface area contributed by atoms with Gasteiger partial charge in [-0.3, -0.25) is 4.79 Å². The molecule has 25 heavy (non-hydrogen) atoms. The van der Waals surface area contributed by atoms with Crippen molar-refractivity contribution in [3.05, 3.63) is 35.1 Å². The number of likely N-dealkylation sites (tertiary alicyclic amines) is 1. The fraction of sp³-hybridized carbons (Fsp3) is 0.650. The smallest absolute Gasteiger partial charge is 0.254 e. The maximum absolute atomic E-state index is 13.8. The van der Waals surface area contributed by atoms with E-state index in [1.165, 1.54) is 12.5 Å². The van der Waals surface area contributed by atoms with Crippen molar-refractivity contribution in [3.63, 3.8) is 0 Å². The number of piperidine rings is 1. The molecule has 0 spiro atoms. The van der Waals surface area contributed by atoms with Crippen LogP contribution in [0, 0.1) is 12.7 Å². The lowest BCUT2D eigenvalue weighted by Gasteiger charge is -2.40. The molecule has 1 saturated heterocycles. The Morgan fingerprint density at radius 2 is 1.96 bits per heavy atom. The van der Waals surface area contributed by atoms with E-state index in [1.54, 1.807) is 12.1 Å². The van der Waals surface area contributed by atoms with E-state index in [0.29, 0.717) is 0 Å². The Morgan fingerprint density at radius 3 is 2.64 bits per heavy atom. The van der Waals surface area contributed by atoms with Crippen LogP contribution in [0.5, 0.6) is 0 Å². The molecule has 1 heterocycles.